The highest BCUT2D eigenvalue weighted by molar-refractivity contribution is 9.10. The largest absolute Gasteiger partial charge is 0.378 e. The summed E-state index contributed by atoms with van der Waals surface area (Å²) < 4.78 is 3.10. The third kappa shape index (κ3) is 3.67. The molecule has 0 aliphatic carbocycles. The standard InChI is InChI=1S/C16H18BrN2/c1-18(2)15-8-6-13(7-9-15)4-5-14-10-11-19(3)16(17)12-14/h4-12H,1-3H3/q+1. The maximum absolute atomic E-state index is 3.52. The second-order valence-corrected chi connectivity index (χ2v) is 5.53. The monoisotopic (exact) mass is 317 g/mol. The summed E-state index contributed by atoms with van der Waals surface area (Å²) in [7, 11) is 6.11. The molecule has 98 valence electrons. The van der Waals surface area contributed by atoms with Crippen LogP contribution in [-0.2, 0) is 7.05 Å². The lowest BCUT2D eigenvalue weighted by molar-refractivity contribution is -0.682. The molecule has 0 bridgehead atoms. The fourth-order valence-electron chi connectivity index (χ4n) is 1.74. The van der Waals surface area contributed by atoms with Gasteiger partial charge < -0.3 is 4.90 Å². The lowest BCUT2D eigenvalue weighted by Gasteiger charge is -2.11. The summed E-state index contributed by atoms with van der Waals surface area (Å²) in [4.78, 5) is 2.10. The van der Waals surface area contributed by atoms with Gasteiger partial charge in [0.25, 0.3) is 0 Å². The molecule has 0 saturated carbocycles. The van der Waals surface area contributed by atoms with Crippen molar-refractivity contribution < 1.29 is 4.57 Å². The van der Waals surface area contributed by atoms with Crippen molar-refractivity contribution in [1.29, 1.82) is 0 Å². The fourth-order valence-corrected chi connectivity index (χ4v) is 2.12. The molecule has 0 aliphatic heterocycles. The minimum Gasteiger partial charge on any atom is -0.378 e. The Morgan fingerprint density at radius 2 is 1.63 bits per heavy atom. The molecule has 0 radical (unpaired) electrons. The Morgan fingerprint density at radius 3 is 2.21 bits per heavy atom. The summed E-state index contributed by atoms with van der Waals surface area (Å²) in [5, 5.41) is 0. The molecule has 0 aliphatic rings. The summed E-state index contributed by atoms with van der Waals surface area (Å²) in [5.74, 6) is 0. The summed E-state index contributed by atoms with van der Waals surface area (Å²) in [6.45, 7) is 0. The van der Waals surface area contributed by atoms with Crippen LogP contribution in [0.15, 0.2) is 47.2 Å². The number of pyridine rings is 1. The number of rotatable bonds is 3. The second kappa shape index (κ2) is 6.02. The van der Waals surface area contributed by atoms with Gasteiger partial charge in [0.15, 0.2) is 6.20 Å². The van der Waals surface area contributed by atoms with E-state index in [2.05, 4.69) is 69.4 Å². The van der Waals surface area contributed by atoms with E-state index >= 15 is 0 Å². The van der Waals surface area contributed by atoms with Gasteiger partial charge in [0, 0.05) is 47.8 Å². The molecule has 0 unspecified atom stereocenters. The Balaban J connectivity index is 2.15. The topological polar surface area (TPSA) is 7.12 Å². The van der Waals surface area contributed by atoms with Crippen LogP contribution in [0.2, 0.25) is 0 Å². The SMILES string of the molecule is CN(C)c1ccc(/C=C/c2cc[n+](C)c(Br)c2)cc1. The smallest absolute Gasteiger partial charge is 0.248 e. The van der Waals surface area contributed by atoms with E-state index in [1.165, 1.54) is 16.8 Å². The molecule has 1 aromatic heterocycles. The van der Waals surface area contributed by atoms with E-state index in [4.69, 9.17) is 0 Å². The van der Waals surface area contributed by atoms with Gasteiger partial charge in [0.1, 0.15) is 7.05 Å². The van der Waals surface area contributed by atoms with Gasteiger partial charge in [0.2, 0.25) is 4.60 Å². The van der Waals surface area contributed by atoms with Crippen LogP contribution in [0.4, 0.5) is 5.69 Å². The molecule has 0 spiro atoms. The van der Waals surface area contributed by atoms with Crippen molar-refractivity contribution in [2.75, 3.05) is 19.0 Å². The lowest BCUT2D eigenvalue weighted by atomic mass is 10.1. The Hall–Kier alpha value is -1.61. The number of aryl methyl sites for hydroxylation is 1. The molecule has 19 heavy (non-hydrogen) atoms. The summed E-state index contributed by atoms with van der Waals surface area (Å²) in [6, 6.07) is 12.7. The van der Waals surface area contributed by atoms with Crippen LogP contribution in [0.5, 0.6) is 0 Å². The molecule has 0 atom stereocenters. The first-order valence-corrected chi connectivity index (χ1v) is 6.96. The normalized spacial score (nSPS) is 10.9. The van der Waals surface area contributed by atoms with E-state index in [9.17, 15) is 0 Å². The average molecular weight is 318 g/mol. The van der Waals surface area contributed by atoms with E-state index in [0.717, 1.165) is 4.60 Å². The highest BCUT2D eigenvalue weighted by Gasteiger charge is 2.01. The molecule has 2 aromatic rings. The van der Waals surface area contributed by atoms with Crippen LogP contribution in [0.1, 0.15) is 11.1 Å². The zero-order chi connectivity index (χ0) is 13.8. The van der Waals surface area contributed by atoms with Crippen LogP contribution < -0.4 is 9.47 Å². The van der Waals surface area contributed by atoms with Gasteiger partial charge in [-0.25, -0.2) is 0 Å². The van der Waals surface area contributed by atoms with E-state index in [1.54, 1.807) is 0 Å². The van der Waals surface area contributed by atoms with Crippen molar-refractivity contribution in [2.45, 2.75) is 0 Å². The molecule has 0 amide bonds. The Labute approximate surface area is 123 Å². The number of aromatic nitrogens is 1. The second-order valence-electron chi connectivity index (χ2n) is 4.71. The van der Waals surface area contributed by atoms with E-state index in [0.29, 0.717) is 0 Å². The fraction of sp³-hybridized carbons (Fsp3) is 0.188. The van der Waals surface area contributed by atoms with Crippen molar-refractivity contribution in [3.63, 3.8) is 0 Å². The van der Waals surface area contributed by atoms with Crippen LogP contribution in [0.25, 0.3) is 12.2 Å². The highest BCUT2D eigenvalue weighted by Crippen LogP contribution is 2.15. The van der Waals surface area contributed by atoms with Gasteiger partial charge in [-0.3, -0.25) is 0 Å². The number of hydrogen-bond donors (Lipinski definition) is 0. The van der Waals surface area contributed by atoms with Crippen molar-refractivity contribution in [1.82, 2.24) is 0 Å². The first-order valence-electron chi connectivity index (χ1n) is 6.17. The summed E-state index contributed by atoms with van der Waals surface area (Å²) in [5.41, 5.74) is 3.60. The minimum absolute atomic E-state index is 1.07. The van der Waals surface area contributed by atoms with Crippen molar-refractivity contribution in [3.05, 3.63) is 58.3 Å². The predicted molar refractivity (Wildman–Crippen MR) is 85.0 cm³/mol. The van der Waals surface area contributed by atoms with Gasteiger partial charge in [0.05, 0.1) is 0 Å². The third-order valence-electron chi connectivity index (χ3n) is 2.99. The number of hydrogen-bond acceptors (Lipinski definition) is 1. The number of anilines is 1. The number of nitrogens with zero attached hydrogens (tertiary/aromatic N) is 2. The van der Waals surface area contributed by atoms with Crippen molar-refractivity contribution >= 4 is 33.8 Å². The van der Waals surface area contributed by atoms with Crippen molar-refractivity contribution in [3.8, 4) is 0 Å². The molecule has 0 saturated heterocycles. The first-order chi connectivity index (χ1) is 9.06. The van der Waals surface area contributed by atoms with Gasteiger partial charge in [-0.05, 0) is 23.3 Å². The summed E-state index contributed by atoms with van der Waals surface area (Å²) >= 11 is 3.52. The molecule has 0 fully saturated rings. The molecular weight excluding hydrogens is 300 g/mol. The molecule has 3 heteroatoms. The van der Waals surface area contributed by atoms with Gasteiger partial charge in [-0.15, -0.1) is 0 Å². The molecule has 1 heterocycles. The minimum atomic E-state index is 1.07. The molecule has 2 rings (SSSR count). The van der Waals surface area contributed by atoms with Gasteiger partial charge in [-0.2, -0.15) is 4.57 Å². The Bertz CT molecular complexity index is 586. The van der Waals surface area contributed by atoms with Gasteiger partial charge in [-0.1, -0.05) is 24.3 Å². The van der Waals surface area contributed by atoms with Crippen LogP contribution in [0, 0.1) is 0 Å². The average Bonchev–Trinajstić information content (AvgIpc) is 2.40. The first kappa shape index (κ1) is 13.8. The zero-order valence-corrected chi connectivity index (χ0v) is 13.1. The zero-order valence-electron chi connectivity index (χ0n) is 11.5. The Kier molecular flexibility index (Phi) is 4.38. The van der Waals surface area contributed by atoms with Crippen LogP contribution in [0.3, 0.4) is 0 Å². The quantitative estimate of drug-likeness (QED) is 0.620. The number of benzene rings is 1. The van der Waals surface area contributed by atoms with Crippen LogP contribution >= 0.6 is 15.9 Å². The lowest BCUT2D eigenvalue weighted by Crippen LogP contribution is -2.28. The van der Waals surface area contributed by atoms with E-state index in [1.807, 2.05) is 31.9 Å². The van der Waals surface area contributed by atoms with E-state index in [-0.39, 0.29) is 0 Å². The summed E-state index contributed by atoms with van der Waals surface area (Å²) in [6.07, 6.45) is 6.29. The predicted octanol–water partition coefficient (Wildman–Crippen LogP) is 3.51. The molecule has 2 nitrogen and oxygen atoms in total. The maximum atomic E-state index is 3.52. The Morgan fingerprint density at radius 1 is 1.00 bits per heavy atom. The van der Waals surface area contributed by atoms with E-state index < -0.39 is 0 Å². The molecule has 1 aromatic carbocycles. The molecule has 0 N–H and O–H groups in total. The third-order valence-corrected chi connectivity index (χ3v) is 3.78. The maximum Gasteiger partial charge on any atom is 0.248 e. The van der Waals surface area contributed by atoms with Crippen LogP contribution in [-0.4, -0.2) is 14.1 Å². The van der Waals surface area contributed by atoms with Gasteiger partial charge >= 0.3 is 0 Å². The number of halogens is 1. The highest BCUT2D eigenvalue weighted by atomic mass is 79.9. The molecular formula is C16H18BrN2+. The van der Waals surface area contributed by atoms with Crippen molar-refractivity contribution in [2.24, 2.45) is 7.05 Å².